The van der Waals surface area contributed by atoms with Gasteiger partial charge in [-0.3, -0.25) is 4.79 Å². The van der Waals surface area contributed by atoms with Crippen molar-refractivity contribution in [1.29, 1.82) is 0 Å². The molecule has 0 aliphatic carbocycles. The molecule has 1 fully saturated rings. The van der Waals surface area contributed by atoms with Gasteiger partial charge in [0.05, 0.1) is 10.5 Å². The van der Waals surface area contributed by atoms with Crippen molar-refractivity contribution in [3.8, 4) is 0 Å². The number of carbonyl (C=O) groups excluding carboxylic acids is 2. The lowest BCUT2D eigenvalue weighted by Gasteiger charge is -2.25. The fraction of sp³-hybridized carbons (Fsp3) is 0.364. The molecule has 7 heteroatoms. The molecule has 0 amide bonds. The predicted molar refractivity (Wildman–Crippen MR) is 110 cm³/mol. The SMILES string of the molecule is Cc1ccc(C(=O)OCC(=O)c2ccc(S(=O)(=O)N3CCCCC3)cc2)cc1C. The molecule has 6 nitrogen and oxygen atoms in total. The van der Waals surface area contributed by atoms with Gasteiger partial charge in [0, 0.05) is 18.7 Å². The van der Waals surface area contributed by atoms with Crippen molar-refractivity contribution in [3.05, 3.63) is 64.7 Å². The average Bonchev–Trinajstić information content (AvgIpc) is 2.74. The largest absolute Gasteiger partial charge is 0.454 e. The van der Waals surface area contributed by atoms with Crippen molar-refractivity contribution < 1.29 is 22.7 Å². The van der Waals surface area contributed by atoms with Crippen LogP contribution in [0.3, 0.4) is 0 Å². The molecule has 0 unspecified atom stereocenters. The Hall–Kier alpha value is -2.51. The Kier molecular flexibility index (Phi) is 6.49. The van der Waals surface area contributed by atoms with Gasteiger partial charge in [-0.2, -0.15) is 4.31 Å². The first-order valence-electron chi connectivity index (χ1n) is 9.67. The van der Waals surface area contributed by atoms with Crippen LogP contribution in [0.1, 0.15) is 51.1 Å². The number of piperidine rings is 1. The van der Waals surface area contributed by atoms with Gasteiger partial charge < -0.3 is 4.74 Å². The number of hydrogen-bond acceptors (Lipinski definition) is 5. The Morgan fingerprint density at radius 3 is 2.14 bits per heavy atom. The Morgan fingerprint density at radius 2 is 1.52 bits per heavy atom. The van der Waals surface area contributed by atoms with Gasteiger partial charge in [-0.25, -0.2) is 13.2 Å². The summed E-state index contributed by atoms with van der Waals surface area (Å²) in [4.78, 5) is 24.6. The van der Waals surface area contributed by atoms with E-state index in [9.17, 15) is 18.0 Å². The zero-order valence-corrected chi connectivity index (χ0v) is 17.5. The van der Waals surface area contributed by atoms with E-state index in [2.05, 4.69) is 0 Å². The van der Waals surface area contributed by atoms with Crippen LogP contribution in [0.5, 0.6) is 0 Å². The predicted octanol–water partition coefficient (Wildman–Crippen LogP) is 3.52. The molecule has 0 N–H and O–H groups in total. The smallest absolute Gasteiger partial charge is 0.338 e. The first kappa shape index (κ1) is 21.2. The summed E-state index contributed by atoms with van der Waals surface area (Å²) < 4.78 is 31.9. The van der Waals surface area contributed by atoms with Crippen molar-refractivity contribution in [2.75, 3.05) is 19.7 Å². The second-order valence-corrected chi connectivity index (χ2v) is 9.23. The lowest BCUT2D eigenvalue weighted by Crippen LogP contribution is -2.35. The summed E-state index contributed by atoms with van der Waals surface area (Å²) in [7, 11) is -3.54. The molecular weight excluding hydrogens is 390 g/mol. The molecule has 2 aromatic rings. The number of nitrogens with zero attached hydrogens (tertiary/aromatic N) is 1. The monoisotopic (exact) mass is 415 g/mol. The van der Waals surface area contributed by atoms with Crippen molar-refractivity contribution in [2.24, 2.45) is 0 Å². The summed E-state index contributed by atoms with van der Waals surface area (Å²) in [6.07, 6.45) is 2.77. The highest BCUT2D eigenvalue weighted by Gasteiger charge is 2.26. The number of benzene rings is 2. The maximum atomic E-state index is 12.7. The highest BCUT2D eigenvalue weighted by Crippen LogP contribution is 2.21. The molecule has 0 bridgehead atoms. The maximum absolute atomic E-state index is 12.7. The molecule has 0 saturated carbocycles. The van der Waals surface area contributed by atoms with E-state index >= 15 is 0 Å². The molecule has 0 radical (unpaired) electrons. The molecule has 1 saturated heterocycles. The molecular formula is C22H25NO5S. The van der Waals surface area contributed by atoms with Gasteiger partial charge in [0.2, 0.25) is 10.0 Å². The van der Waals surface area contributed by atoms with Gasteiger partial charge in [0.25, 0.3) is 0 Å². The van der Waals surface area contributed by atoms with Gasteiger partial charge in [0.15, 0.2) is 12.4 Å². The van der Waals surface area contributed by atoms with E-state index in [1.54, 1.807) is 12.1 Å². The second-order valence-electron chi connectivity index (χ2n) is 7.29. The standard InChI is InChI=1S/C22H25NO5S/c1-16-6-7-19(14-17(16)2)22(25)28-15-21(24)18-8-10-20(11-9-18)29(26,27)23-12-4-3-5-13-23/h6-11,14H,3-5,12-13,15H2,1-2H3. The number of ketones is 1. The summed E-state index contributed by atoms with van der Waals surface area (Å²) in [6.45, 7) is 4.50. The van der Waals surface area contributed by atoms with Crippen LogP contribution >= 0.6 is 0 Å². The first-order valence-corrected chi connectivity index (χ1v) is 11.1. The van der Waals surface area contributed by atoms with Gasteiger partial charge in [-0.1, -0.05) is 12.5 Å². The van der Waals surface area contributed by atoms with Crippen LogP contribution in [0, 0.1) is 13.8 Å². The van der Waals surface area contributed by atoms with Crippen LogP contribution in [0.25, 0.3) is 0 Å². The fourth-order valence-electron chi connectivity index (χ4n) is 3.23. The lowest BCUT2D eigenvalue weighted by atomic mass is 10.1. The van der Waals surface area contributed by atoms with Crippen LogP contribution in [-0.4, -0.2) is 44.2 Å². The quantitative estimate of drug-likeness (QED) is 0.533. The number of hydrogen-bond donors (Lipinski definition) is 0. The van der Waals surface area contributed by atoms with E-state index in [4.69, 9.17) is 4.74 Å². The van der Waals surface area contributed by atoms with Gasteiger partial charge in [-0.15, -0.1) is 0 Å². The molecule has 1 aliphatic rings. The van der Waals surface area contributed by atoms with Gasteiger partial charge in [-0.05, 0) is 74.2 Å². The van der Waals surface area contributed by atoms with E-state index in [1.165, 1.54) is 28.6 Å². The Labute approximate surface area is 171 Å². The van der Waals surface area contributed by atoms with Crippen molar-refractivity contribution >= 4 is 21.8 Å². The van der Waals surface area contributed by atoms with E-state index in [0.717, 1.165) is 30.4 Å². The summed E-state index contributed by atoms with van der Waals surface area (Å²) in [6, 6.07) is 11.0. The highest BCUT2D eigenvalue weighted by molar-refractivity contribution is 7.89. The number of carbonyl (C=O) groups is 2. The summed E-state index contributed by atoms with van der Waals surface area (Å²) >= 11 is 0. The molecule has 29 heavy (non-hydrogen) atoms. The molecule has 0 spiro atoms. The maximum Gasteiger partial charge on any atom is 0.338 e. The summed E-state index contributed by atoms with van der Waals surface area (Å²) in [5.41, 5.74) is 2.73. The lowest BCUT2D eigenvalue weighted by molar-refractivity contribution is 0.0474. The normalized spacial score (nSPS) is 15.1. The average molecular weight is 416 g/mol. The summed E-state index contributed by atoms with van der Waals surface area (Å²) in [5, 5.41) is 0. The molecule has 154 valence electrons. The Balaban J connectivity index is 1.62. The Morgan fingerprint density at radius 1 is 0.897 bits per heavy atom. The number of esters is 1. The van der Waals surface area contributed by atoms with E-state index < -0.39 is 22.6 Å². The van der Waals surface area contributed by atoms with Crippen molar-refractivity contribution in [1.82, 2.24) is 4.31 Å². The van der Waals surface area contributed by atoms with Crippen LogP contribution < -0.4 is 0 Å². The molecule has 1 aliphatic heterocycles. The Bertz CT molecular complexity index is 1010. The van der Waals surface area contributed by atoms with E-state index in [1.807, 2.05) is 19.9 Å². The number of rotatable bonds is 6. The third-order valence-corrected chi connectivity index (χ3v) is 7.12. The molecule has 1 heterocycles. The van der Waals surface area contributed by atoms with Crippen molar-refractivity contribution in [3.63, 3.8) is 0 Å². The number of aryl methyl sites for hydroxylation is 2. The second kappa shape index (κ2) is 8.88. The molecule has 2 aromatic carbocycles. The molecule has 0 atom stereocenters. The first-order chi connectivity index (χ1) is 13.8. The van der Waals surface area contributed by atoms with E-state index in [0.29, 0.717) is 24.2 Å². The minimum Gasteiger partial charge on any atom is -0.454 e. The van der Waals surface area contributed by atoms with Crippen LogP contribution in [-0.2, 0) is 14.8 Å². The highest BCUT2D eigenvalue weighted by atomic mass is 32.2. The van der Waals surface area contributed by atoms with Gasteiger partial charge in [0.1, 0.15) is 0 Å². The minimum atomic E-state index is -3.54. The van der Waals surface area contributed by atoms with Gasteiger partial charge >= 0.3 is 5.97 Å². The molecule has 3 rings (SSSR count). The van der Waals surface area contributed by atoms with Crippen LogP contribution in [0.15, 0.2) is 47.4 Å². The fourth-order valence-corrected chi connectivity index (χ4v) is 4.75. The number of ether oxygens (including phenoxy) is 1. The molecule has 0 aromatic heterocycles. The number of sulfonamides is 1. The van der Waals surface area contributed by atoms with Crippen LogP contribution in [0.2, 0.25) is 0 Å². The third kappa shape index (κ3) is 4.92. The number of Topliss-reactive ketones (excluding diaryl/α,β-unsaturated/α-hetero) is 1. The zero-order valence-electron chi connectivity index (χ0n) is 16.7. The van der Waals surface area contributed by atoms with Crippen molar-refractivity contribution in [2.45, 2.75) is 38.0 Å². The third-order valence-electron chi connectivity index (χ3n) is 5.21. The topological polar surface area (TPSA) is 80.8 Å². The zero-order chi connectivity index (χ0) is 21.0. The minimum absolute atomic E-state index is 0.170. The summed E-state index contributed by atoms with van der Waals surface area (Å²) in [5.74, 6) is -0.949. The van der Waals surface area contributed by atoms with E-state index in [-0.39, 0.29) is 10.7 Å². The van der Waals surface area contributed by atoms with Crippen LogP contribution in [0.4, 0.5) is 0 Å².